The fraction of sp³-hybridized carbons (Fsp3) is 0.647. The van der Waals surface area contributed by atoms with Crippen LogP contribution in [0.5, 0.6) is 0 Å². The zero-order valence-electron chi connectivity index (χ0n) is 13.1. The summed E-state index contributed by atoms with van der Waals surface area (Å²) in [5, 5.41) is 3.60. The number of morpholine rings is 1. The number of likely N-dealkylation sites (tertiary alicyclic amines) is 1. The van der Waals surface area contributed by atoms with Gasteiger partial charge in [-0.1, -0.05) is 0 Å². The van der Waals surface area contributed by atoms with Crippen LogP contribution in [0.4, 0.5) is 11.4 Å². The minimum absolute atomic E-state index is 0.780. The van der Waals surface area contributed by atoms with E-state index in [1.807, 2.05) is 0 Å². The van der Waals surface area contributed by atoms with Crippen molar-refractivity contribution < 1.29 is 4.74 Å². The van der Waals surface area contributed by atoms with Crippen LogP contribution in [-0.4, -0.2) is 57.9 Å². The Hall–Kier alpha value is -1.26. The van der Waals surface area contributed by atoms with E-state index in [2.05, 4.69) is 46.4 Å². The summed E-state index contributed by atoms with van der Waals surface area (Å²) in [7, 11) is 2.23. The lowest BCUT2D eigenvalue weighted by Gasteiger charge is -2.30. The minimum atomic E-state index is 0.780. The summed E-state index contributed by atoms with van der Waals surface area (Å²) in [6, 6.07) is 8.86. The molecule has 2 aliphatic rings. The number of rotatable bonds is 4. The number of benzene rings is 1. The molecule has 2 aliphatic heterocycles. The van der Waals surface area contributed by atoms with Crippen LogP contribution in [0.2, 0.25) is 0 Å². The number of anilines is 2. The summed E-state index contributed by atoms with van der Waals surface area (Å²) in [4.78, 5) is 4.83. The monoisotopic (exact) mass is 289 g/mol. The third kappa shape index (κ3) is 4.11. The van der Waals surface area contributed by atoms with Crippen LogP contribution in [0.15, 0.2) is 24.3 Å². The van der Waals surface area contributed by atoms with E-state index in [9.17, 15) is 0 Å². The first kappa shape index (κ1) is 14.7. The molecule has 0 radical (unpaired) electrons. The van der Waals surface area contributed by atoms with Gasteiger partial charge in [-0.2, -0.15) is 0 Å². The smallest absolute Gasteiger partial charge is 0.0642 e. The molecule has 0 bridgehead atoms. The second-order valence-electron chi connectivity index (χ2n) is 6.30. The maximum Gasteiger partial charge on any atom is 0.0642 e. The SMILES string of the molecule is CN1CCCC(CNc2ccc(N3CCOCC3)cc2)C1. The van der Waals surface area contributed by atoms with E-state index in [0.717, 1.165) is 38.8 Å². The summed E-state index contributed by atoms with van der Waals surface area (Å²) in [5.41, 5.74) is 2.54. The molecule has 1 aromatic rings. The van der Waals surface area contributed by atoms with Crippen molar-refractivity contribution in [2.75, 3.05) is 63.2 Å². The van der Waals surface area contributed by atoms with Crippen LogP contribution in [-0.2, 0) is 4.74 Å². The Bertz CT molecular complexity index is 428. The number of nitrogens with zero attached hydrogens (tertiary/aromatic N) is 2. The Morgan fingerprint density at radius 2 is 1.90 bits per heavy atom. The largest absolute Gasteiger partial charge is 0.385 e. The summed E-state index contributed by atoms with van der Waals surface area (Å²) >= 11 is 0. The highest BCUT2D eigenvalue weighted by atomic mass is 16.5. The molecular formula is C17H27N3O. The number of piperidine rings is 1. The lowest BCUT2D eigenvalue weighted by Crippen LogP contribution is -2.36. The standard InChI is InChI=1S/C17H27N3O/c1-19-8-2-3-15(14-19)13-18-16-4-6-17(7-5-16)20-9-11-21-12-10-20/h4-7,15,18H,2-3,8-14H2,1H3. The minimum Gasteiger partial charge on any atom is -0.385 e. The van der Waals surface area contributed by atoms with Gasteiger partial charge in [0, 0.05) is 37.6 Å². The van der Waals surface area contributed by atoms with Crippen LogP contribution < -0.4 is 10.2 Å². The second kappa shape index (κ2) is 7.14. The molecular weight excluding hydrogens is 262 g/mol. The molecule has 3 rings (SSSR count). The zero-order chi connectivity index (χ0) is 14.5. The average molecular weight is 289 g/mol. The van der Waals surface area contributed by atoms with Gasteiger partial charge in [0.2, 0.25) is 0 Å². The van der Waals surface area contributed by atoms with Crippen molar-refractivity contribution in [3.63, 3.8) is 0 Å². The van der Waals surface area contributed by atoms with E-state index in [1.165, 1.54) is 37.3 Å². The van der Waals surface area contributed by atoms with E-state index in [0.29, 0.717) is 0 Å². The molecule has 2 saturated heterocycles. The summed E-state index contributed by atoms with van der Waals surface area (Å²) in [6.07, 6.45) is 2.68. The quantitative estimate of drug-likeness (QED) is 0.920. The topological polar surface area (TPSA) is 27.7 Å². The summed E-state index contributed by atoms with van der Waals surface area (Å²) in [5.74, 6) is 0.780. The first-order chi connectivity index (χ1) is 10.3. The highest BCUT2D eigenvalue weighted by molar-refractivity contribution is 5.55. The molecule has 1 unspecified atom stereocenters. The van der Waals surface area contributed by atoms with Gasteiger partial charge in [0.15, 0.2) is 0 Å². The van der Waals surface area contributed by atoms with Gasteiger partial charge in [0.1, 0.15) is 0 Å². The van der Waals surface area contributed by atoms with Crippen molar-refractivity contribution in [3.8, 4) is 0 Å². The second-order valence-corrected chi connectivity index (χ2v) is 6.30. The van der Waals surface area contributed by atoms with Crippen molar-refractivity contribution in [1.29, 1.82) is 0 Å². The van der Waals surface area contributed by atoms with Crippen LogP contribution >= 0.6 is 0 Å². The number of hydrogen-bond donors (Lipinski definition) is 1. The van der Waals surface area contributed by atoms with Gasteiger partial charge in [-0.05, 0) is 56.6 Å². The summed E-state index contributed by atoms with van der Waals surface area (Å²) in [6.45, 7) is 7.25. The van der Waals surface area contributed by atoms with Gasteiger partial charge in [-0.25, -0.2) is 0 Å². The molecule has 0 aliphatic carbocycles. The van der Waals surface area contributed by atoms with E-state index in [1.54, 1.807) is 0 Å². The maximum atomic E-state index is 5.40. The Labute approximate surface area is 128 Å². The molecule has 2 heterocycles. The molecule has 1 atom stereocenters. The van der Waals surface area contributed by atoms with Gasteiger partial charge >= 0.3 is 0 Å². The Balaban J connectivity index is 1.49. The molecule has 0 spiro atoms. The highest BCUT2D eigenvalue weighted by Gasteiger charge is 2.16. The van der Waals surface area contributed by atoms with Crippen molar-refractivity contribution in [2.24, 2.45) is 5.92 Å². The predicted molar refractivity (Wildman–Crippen MR) is 88.2 cm³/mol. The molecule has 1 N–H and O–H groups in total. The van der Waals surface area contributed by atoms with Crippen molar-refractivity contribution in [3.05, 3.63) is 24.3 Å². The van der Waals surface area contributed by atoms with E-state index in [-0.39, 0.29) is 0 Å². The molecule has 1 aromatic carbocycles. The van der Waals surface area contributed by atoms with E-state index < -0.39 is 0 Å². The van der Waals surface area contributed by atoms with Gasteiger partial charge in [0.05, 0.1) is 13.2 Å². The lowest BCUT2D eigenvalue weighted by atomic mass is 9.98. The third-order valence-corrected chi connectivity index (χ3v) is 4.56. The predicted octanol–water partition coefficient (Wildman–Crippen LogP) is 2.28. The molecule has 0 aromatic heterocycles. The average Bonchev–Trinajstić information content (AvgIpc) is 2.54. The van der Waals surface area contributed by atoms with Gasteiger partial charge in [-0.15, -0.1) is 0 Å². The molecule has 116 valence electrons. The normalized spacial score (nSPS) is 24.0. The van der Waals surface area contributed by atoms with E-state index in [4.69, 9.17) is 4.74 Å². The first-order valence-corrected chi connectivity index (χ1v) is 8.16. The number of hydrogen-bond acceptors (Lipinski definition) is 4. The van der Waals surface area contributed by atoms with Crippen LogP contribution in [0.25, 0.3) is 0 Å². The maximum absolute atomic E-state index is 5.40. The molecule has 2 fully saturated rings. The Morgan fingerprint density at radius 3 is 2.62 bits per heavy atom. The van der Waals surface area contributed by atoms with Gasteiger partial charge in [-0.3, -0.25) is 0 Å². The van der Waals surface area contributed by atoms with Crippen molar-refractivity contribution in [1.82, 2.24) is 4.90 Å². The molecule has 21 heavy (non-hydrogen) atoms. The number of nitrogens with one attached hydrogen (secondary N) is 1. The van der Waals surface area contributed by atoms with Crippen LogP contribution in [0, 0.1) is 5.92 Å². The van der Waals surface area contributed by atoms with Crippen molar-refractivity contribution in [2.45, 2.75) is 12.8 Å². The van der Waals surface area contributed by atoms with Gasteiger partial charge in [0.25, 0.3) is 0 Å². The lowest BCUT2D eigenvalue weighted by molar-refractivity contribution is 0.122. The van der Waals surface area contributed by atoms with Gasteiger partial charge < -0.3 is 19.9 Å². The zero-order valence-corrected chi connectivity index (χ0v) is 13.1. The fourth-order valence-corrected chi connectivity index (χ4v) is 3.31. The number of ether oxygens (including phenoxy) is 1. The highest BCUT2D eigenvalue weighted by Crippen LogP contribution is 2.20. The third-order valence-electron chi connectivity index (χ3n) is 4.56. The van der Waals surface area contributed by atoms with E-state index >= 15 is 0 Å². The molecule has 4 heteroatoms. The molecule has 4 nitrogen and oxygen atoms in total. The van der Waals surface area contributed by atoms with Crippen LogP contribution in [0.3, 0.4) is 0 Å². The van der Waals surface area contributed by atoms with Crippen molar-refractivity contribution >= 4 is 11.4 Å². The molecule has 0 saturated carbocycles. The first-order valence-electron chi connectivity index (χ1n) is 8.16. The fourth-order valence-electron chi connectivity index (χ4n) is 3.31. The summed E-state index contributed by atoms with van der Waals surface area (Å²) < 4.78 is 5.40. The molecule has 0 amide bonds. The van der Waals surface area contributed by atoms with Crippen LogP contribution in [0.1, 0.15) is 12.8 Å². The Morgan fingerprint density at radius 1 is 1.14 bits per heavy atom. The Kier molecular flexibility index (Phi) is 4.99.